The van der Waals surface area contributed by atoms with Gasteiger partial charge in [0.05, 0.1) is 46.4 Å². The van der Waals surface area contributed by atoms with Gasteiger partial charge in [0.2, 0.25) is 5.82 Å². The maximum atomic E-state index is 5.39. The number of methoxy groups -OCH3 is 2. The zero-order valence-corrected chi connectivity index (χ0v) is 17.6. The van der Waals surface area contributed by atoms with E-state index >= 15 is 0 Å². The van der Waals surface area contributed by atoms with Crippen LogP contribution in [0.15, 0.2) is 54.6 Å². The first-order valence-electron chi connectivity index (χ1n) is 10.3. The van der Waals surface area contributed by atoms with Crippen LogP contribution in [-0.4, -0.2) is 67.2 Å². The Labute approximate surface area is 177 Å². The maximum absolute atomic E-state index is 5.39. The molecule has 1 aromatic heterocycles. The highest BCUT2D eigenvalue weighted by Crippen LogP contribution is 2.22. The maximum Gasteiger partial charge on any atom is 0.214 e. The van der Waals surface area contributed by atoms with Gasteiger partial charge in [-0.05, 0) is 22.6 Å². The summed E-state index contributed by atoms with van der Waals surface area (Å²) in [6.45, 7) is 5.14. The minimum atomic E-state index is 0.0884. The summed E-state index contributed by atoms with van der Waals surface area (Å²) >= 11 is 0. The van der Waals surface area contributed by atoms with Crippen molar-refractivity contribution in [1.82, 2.24) is 20.2 Å². The molecule has 2 heterocycles. The van der Waals surface area contributed by atoms with Crippen LogP contribution in [0.3, 0.4) is 0 Å². The van der Waals surface area contributed by atoms with Gasteiger partial charge in [0.25, 0.3) is 0 Å². The van der Waals surface area contributed by atoms with Gasteiger partial charge in [-0.15, -0.1) is 5.10 Å². The van der Waals surface area contributed by atoms with Crippen LogP contribution in [0.4, 0.5) is 5.69 Å². The quantitative estimate of drug-likeness (QED) is 0.594. The number of hydrogen-bond donors (Lipinski definition) is 1. The van der Waals surface area contributed by atoms with Crippen molar-refractivity contribution in [2.24, 2.45) is 0 Å². The molecule has 0 unspecified atom stereocenters. The fourth-order valence-corrected chi connectivity index (χ4v) is 4.12. The molecule has 4 rings (SSSR count). The second-order valence-electron chi connectivity index (χ2n) is 7.44. The molecule has 0 spiro atoms. The van der Waals surface area contributed by atoms with Crippen LogP contribution < -0.4 is 14.5 Å². The molecule has 1 N–H and O–H groups in total. The van der Waals surface area contributed by atoms with Crippen molar-refractivity contribution in [2.45, 2.75) is 12.6 Å². The fraction of sp³-hybridized carbons (Fsp3) is 0.409. The number of hydrogen-bond acceptors (Lipinski definition) is 6. The van der Waals surface area contributed by atoms with Gasteiger partial charge in [-0.2, -0.15) is 0 Å². The summed E-state index contributed by atoms with van der Waals surface area (Å²) < 4.78 is 12.5. The Kier molecular flexibility index (Phi) is 6.56. The highest BCUT2D eigenvalue weighted by molar-refractivity contribution is 5.50. The molecular formula is C22H29N6O2+. The molecule has 1 fully saturated rings. The third-order valence-electron chi connectivity index (χ3n) is 5.69. The van der Waals surface area contributed by atoms with Crippen LogP contribution in [-0.2, 0) is 11.3 Å². The number of nitrogens with zero attached hydrogens (tertiary/aromatic N) is 5. The van der Waals surface area contributed by atoms with E-state index < -0.39 is 0 Å². The zero-order chi connectivity index (χ0) is 20.8. The number of ether oxygens (including phenoxy) is 2. The second kappa shape index (κ2) is 9.69. The van der Waals surface area contributed by atoms with Gasteiger partial charge in [-0.3, -0.25) is 0 Å². The zero-order valence-electron chi connectivity index (χ0n) is 17.6. The van der Waals surface area contributed by atoms with Crippen LogP contribution in [0, 0.1) is 0 Å². The molecule has 0 radical (unpaired) electrons. The van der Waals surface area contributed by atoms with E-state index in [1.807, 2.05) is 22.9 Å². The third kappa shape index (κ3) is 4.44. The molecular weight excluding hydrogens is 380 g/mol. The summed E-state index contributed by atoms with van der Waals surface area (Å²) in [5.74, 6) is 1.78. The third-order valence-corrected chi connectivity index (χ3v) is 5.69. The SMILES string of the molecule is COCCn1nnnc1[C@H](c1ccccc1)[NH+]1CCN(c2cccc(OC)c2)CC1. The van der Waals surface area contributed by atoms with Crippen molar-refractivity contribution in [2.75, 3.05) is 51.9 Å². The molecule has 0 amide bonds. The Hall–Kier alpha value is -2.97. The molecule has 2 aromatic carbocycles. The number of quaternary nitrogens is 1. The van der Waals surface area contributed by atoms with Gasteiger partial charge in [0, 0.05) is 24.4 Å². The molecule has 30 heavy (non-hydrogen) atoms. The topological polar surface area (TPSA) is 69.7 Å². The van der Waals surface area contributed by atoms with Crippen LogP contribution in [0.5, 0.6) is 5.75 Å². The first-order valence-corrected chi connectivity index (χ1v) is 10.3. The summed E-state index contributed by atoms with van der Waals surface area (Å²) in [5, 5.41) is 12.6. The van der Waals surface area contributed by atoms with Gasteiger partial charge < -0.3 is 19.3 Å². The fourth-order valence-electron chi connectivity index (χ4n) is 4.12. The lowest BCUT2D eigenvalue weighted by molar-refractivity contribution is -0.927. The Morgan fingerprint density at radius 2 is 1.83 bits per heavy atom. The predicted octanol–water partition coefficient (Wildman–Crippen LogP) is 0.823. The van der Waals surface area contributed by atoms with Crippen LogP contribution in [0.1, 0.15) is 17.4 Å². The largest absolute Gasteiger partial charge is 0.497 e. The van der Waals surface area contributed by atoms with E-state index in [0.717, 1.165) is 37.8 Å². The van der Waals surface area contributed by atoms with E-state index in [1.54, 1.807) is 14.2 Å². The van der Waals surface area contributed by atoms with Crippen LogP contribution >= 0.6 is 0 Å². The van der Waals surface area contributed by atoms with Crippen molar-refractivity contribution in [3.63, 3.8) is 0 Å². The summed E-state index contributed by atoms with van der Waals surface area (Å²) in [4.78, 5) is 3.89. The minimum absolute atomic E-state index is 0.0884. The number of piperazine rings is 1. The molecule has 0 saturated carbocycles. The number of rotatable bonds is 8. The van der Waals surface area contributed by atoms with E-state index in [0.29, 0.717) is 13.2 Å². The Morgan fingerprint density at radius 3 is 2.57 bits per heavy atom. The van der Waals surface area contributed by atoms with Crippen molar-refractivity contribution in [1.29, 1.82) is 0 Å². The summed E-state index contributed by atoms with van der Waals surface area (Å²) in [6.07, 6.45) is 0. The smallest absolute Gasteiger partial charge is 0.214 e. The molecule has 8 heteroatoms. The molecule has 158 valence electrons. The van der Waals surface area contributed by atoms with Gasteiger partial charge in [-0.25, -0.2) is 4.68 Å². The van der Waals surface area contributed by atoms with E-state index in [4.69, 9.17) is 9.47 Å². The van der Waals surface area contributed by atoms with Crippen LogP contribution in [0.2, 0.25) is 0 Å². The Balaban J connectivity index is 1.55. The van der Waals surface area contributed by atoms with Gasteiger partial charge >= 0.3 is 0 Å². The van der Waals surface area contributed by atoms with Crippen molar-refractivity contribution >= 4 is 5.69 Å². The first-order chi connectivity index (χ1) is 14.8. The number of nitrogens with one attached hydrogen (secondary N) is 1. The molecule has 0 bridgehead atoms. The molecule has 1 aliphatic rings. The number of tetrazole rings is 1. The van der Waals surface area contributed by atoms with E-state index in [1.165, 1.54) is 16.2 Å². The van der Waals surface area contributed by atoms with E-state index in [9.17, 15) is 0 Å². The molecule has 1 aliphatic heterocycles. The summed E-state index contributed by atoms with van der Waals surface area (Å²) in [7, 11) is 3.40. The lowest BCUT2D eigenvalue weighted by atomic mass is 10.0. The molecule has 1 saturated heterocycles. The standard InChI is InChI=1S/C22H28N6O2/c1-29-16-15-28-22(23-24-25-28)21(18-7-4-3-5-8-18)27-13-11-26(12-14-27)19-9-6-10-20(17-19)30-2/h3-10,17,21H,11-16H2,1-2H3/p+1/t21-/m0/s1. The number of benzene rings is 2. The van der Waals surface area contributed by atoms with Crippen molar-refractivity contribution < 1.29 is 14.4 Å². The van der Waals surface area contributed by atoms with Gasteiger partial charge in [-0.1, -0.05) is 36.4 Å². The average Bonchev–Trinajstić information content (AvgIpc) is 3.27. The summed E-state index contributed by atoms with van der Waals surface area (Å²) in [6, 6.07) is 18.9. The van der Waals surface area contributed by atoms with E-state index in [-0.39, 0.29) is 6.04 Å². The van der Waals surface area contributed by atoms with Gasteiger partial charge in [0.15, 0.2) is 6.04 Å². The number of anilines is 1. The average molecular weight is 410 g/mol. The highest BCUT2D eigenvalue weighted by Gasteiger charge is 2.34. The Bertz CT molecular complexity index is 924. The molecule has 1 atom stereocenters. The first kappa shape index (κ1) is 20.3. The normalized spacial score (nSPS) is 15.9. The molecule has 0 aliphatic carbocycles. The Morgan fingerprint density at radius 1 is 1.03 bits per heavy atom. The van der Waals surface area contributed by atoms with E-state index in [2.05, 4.69) is 56.8 Å². The van der Waals surface area contributed by atoms with Crippen molar-refractivity contribution in [3.05, 3.63) is 66.0 Å². The molecule has 3 aromatic rings. The lowest BCUT2D eigenvalue weighted by Crippen LogP contribution is -3.15. The van der Waals surface area contributed by atoms with Crippen LogP contribution in [0.25, 0.3) is 0 Å². The predicted molar refractivity (Wildman–Crippen MR) is 114 cm³/mol. The lowest BCUT2D eigenvalue weighted by Gasteiger charge is -2.37. The minimum Gasteiger partial charge on any atom is -0.497 e. The molecule has 8 nitrogen and oxygen atoms in total. The van der Waals surface area contributed by atoms with Gasteiger partial charge in [0.1, 0.15) is 5.75 Å². The monoisotopic (exact) mass is 409 g/mol. The second-order valence-corrected chi connectivity index (χ2v) is 7.44. The van der Waals surface area contributed by atoms with Crippen molar-refractivity contribution in [3.8, 4) is 5.75 Å². The summed E-state index contributed by atoms with van der Waals surface area (Å²) in [5.41, 5.74) is 2.44. The number of aromatic nitrogens is 4. The highest BCUT2D eigenvalue weighted by atomic mass is 16.5.